The molecule has 3 aromatic rings. The van der Waals surface area contributed by atoms with Gasteiger partial charge in [0.25, 0.3) is 0 Å². The van der Waals surface area contributed by atoms with Gasteiger partial charge in [-0.05, 0) is 67.4 Å². The zero-order valence-electron chi connectivity index (χ0n) is 19.4. The topological polar surface area (TPSA) is 49.0 Å². The molecular formula is C27H30ClNO4. The van der Waals surface area contributed by atoms with Crippen LogP contribution in [0.5, 0.6) is 11.5 Å². The van der Waals surface area contributed by atoms with Gasteiger partial charge in [-0.15, -0.1) is 0 Å². The van der Waals surface area contributed by atoms with E-state index in [1.165, 1.54) is 0 Å². The number of halogens is 1. The second kappa shape index (κ2) is 10.0. The van der Waals surface area contributed by atoms with Crippen molar-refractivity contribution >= 4 is 17.3 Å². The summed E-state index contributed by atoms with van der Waals surface area (Å²) < 4.78 is 23.9. The first-order chi connectivity index (χ1) is 15.9. The van der Waals surface area contributed by atoms with Gasteiger partial charge >= 0.3 is 0 Å². The van der Waals surface area contributed by atoms with Gasteiger partial charge in [-0.3, -0.25) is 0 Å². The highest BCUT2D eigenvalue weighted by Gasteiger charge is 2.45. The second-order valence-electron chi connectivity index (χ2n) is 8.68. The molecule has 0 bridgehead atoms. The maximum absolute atomic E-state index is 6.35. The van der Waals surface area contributed by atoms with E-state index < -0.39 is 5.60 Å². The van der Waals surface area contributed by atoms with Crippen LogP contribution in [0.3, 0.4) is 0 Å². The lowest BCUT2D eigenvalue weighted by atomic mass is 9.88. The first-order valence-electron chi connectivity index (χ1n) is 11.0. The molecule has 0 saturated carbocycles. The molecule has 0 spiro atoms. The van der Waals surface area contributed by atoms with Gasteiger partial charge < -0.3 is 24.3 Å². The van der Waals surface area contributed by atoms with E-state index in [1.54, 1.807) is 14.2 Å². The third-order valence-corrected chi connectivity index (χ3v) is 6.11. The Morgan fingerprint density at radius 3 is 2.45 bits per heavy atom. The lowest BCUT2D eigenvalue weighted by Gasteiger charge is -2.44. The van der Waals surface area contributed by atoms with E-state index in [1.807, 2.05) is 74.5 Å². The fourth-order valence-electron chi connectivity index (χ4n) is 4.14. The Bertz CT molecular complexity index is 1080. The molecule has 1 aliphatic heterocycles. The van der Waals surface area contributed by atoms with Crippen LogP contribution in [0.4, 0.5) is 5.69 Å². The summed E-state index contributed by atoms with van der Waals surface area (Å²) in [5.41, 5.74) is 3.56. The first kappa shape index (κ1) is 23.4. The Kier molecular flexibility index (Phi) is 7.13. The second-order valence-corrected chi connectivity index (χ2v) is 9.11. The number of rotatable bonds is 8. The monoisotopic (exact) mass is 467 g/mol. The van der Waals surface area contributed by atoms with E-state index >= 15 is 0 Å². The molecule has 4 rings (SSSR count). The number of ether oxygens (including phenoxy) is 4. The number of hydrogen-bond acceptors (Lipinski definition) is 5. The highest BCUT2D eigenvalue weighted by molar-refractivity contribution is 6.30. The van der Waals surface area contributed by atoms with E-state index in [0.29, 0.717) is 18.2 Å². The molecular weight excluding hydrogens is 438 g/mol. The lowest BCUT2D eigenvalue weighted by Crippen LogP contribution is -2.50. The highest BCUT2D eigenvalue weighted by atomic mass is 35.5. The van der Waals surface area contributed by atoms with Crippen molar-refractivity contribution in [3.05, 3.63) is 88.4 Å². The van der Waals surface area contributed by atoms with Gasteiger partial charge in [-0.25, -0.2) is 0 Å². The third-order valence-electron chi connectivity index (χ3n) is 5.88. The van der Waals surface area contributed by atoms with Crippen LogP contribution in [-0.4, -0.2) is 25.9 Å². The number of anilines is 1. The molecule has 2 unspecified atom stereocenters. The zero-order chi connectivity index (χ0) is 23.4. The predicted octanol–water partition coefficient (Wildman–Crippen LogP) is 6.40. The van der Waals surface area contributed by atoms with Crippen LogP contribution in [0.25, 0.3) is 0 Å². The quantitative estimate of drug-likeness (QED) is 0.415. The van der Waals surface area contributed by atoms with Crippen LogP contribution in [-0.2, 0) is 22.6 Å². The van der Waals surface area contributed by atoms with E-state index in [9.17, 15) is 0 Å². The minimum atomic E-state index is -0.565. The Morgan fingerprint density at radius 1 is 0.970 bits per heavy atom. The molecule has 5 nitrogen and oxygen atoms in total. The normalized spacial score (nSPS) is 18.8. The van der Waals surface area contributed by atoms with Crippen molar-refractivity contribution in [2.24, 2.45) is 0 Å². The molecule has 6 heteroatoms. The van der Waals surface area contributed by atoms with Crippen LogP contribution < -0.4 is 14.8 Å². The molecule has 33 heavy (non-hydrogen) atoms. The molecule has 1 heterocycles. The molecule has 1 aliphatic rings. The van der Waals surface area contributed by atoms with Crippen molar-refractivity contribution in [3.8, 4) is 11.5 Å². The third kappa shape index (κ3) is 5.44. The molecule has 0 fully saturated rings. The van der Waals surface area contributed by atoms with Gasteiger partial charge in [0, 0.05) is 29.9 Å². The van der Waals surface area contributed by atoms with E-state index in [0.717, 1.165) is 33.9 Å². The average molecular weight is 468 g/mol. The summed E-state index contributed by atoms with van der Waals surface area (Å²) in [5, 5.41) is 4.18. The summed E-state index contributed by atoms with van der Waals surface area (Å²) in [6.45, 7) is 5.17. The number of nitrogens with one attached hydrogen (secondary N) is 1. The number of hydrogen-bond donors (Lipinski definition) is 1. The van der Waals surface area contributed by atoms with E-state index in [-0.39, 0.29) is 12.2 Å². The Labute approximate surface area is 200 Å². The SMILES string of the molecule is COc1ccc(CNc2ccc3c(c2)C(OC)C(OCc2cccc(Cl)c2)C(C)(C)O3)cc1. The number of benzene rings is 3. The fourth-order valence-corrected chi connectivity index (χ4v) is 4.35. The average Bonchev–Trinajstić information content (AvgIpc) is 2.81. The van der Waals surface area contributed by atoms with Crippen molar-refractivity contribution in [3.63, 3.8) is 0 Å². The minimum absolute atomic E-state index is 0.273. The number of methoxy groups -OCH3 is 2. The summed E-state index contributed by atoms with van der Waals surface area (Å²) in [7, 11) is 3.38. The Morgan fingerprint density at radius 2 is 1.76 bits per heavy atom. The van der Waals surface area contributed by atoms with Crippen molar-refractivity contribution in [2.45, 2.75) is 44.8 Å². The predicted molar refractivity (Wildman–Crippen MR) is 131 cm³/mol. The molecule has 0 amide bonds. The van der Waals surface area contributed by atoms with Crippen LogP contribution in [0.1, 0.15) is 36.6 Å². The van der Waals surface area contributed by atoms with Crippen LogP contribution in [0.2, 0.25) is 5.02 Å². The molecule has 0 aliphatic carbocycles. The fraction of sp³-hybridized carbons (Fsp3) is 0.333. The number of fused-ring (bicyclic) bond motifs is 1. The van der Waals surface area contributed by atoms with Crippen LogP contribution >= 0.6 is 11.6 Å². The Balaban J connectivity index is 1.51. The van der Waals surface area contributed by atoms with Gasteiger partial charge in [0.15, 0.2) is 0 Å². The summed E-state index contributed by atoms with van der Waals surface area (Å²) in [5.74, 6) is 1.66. The summed E-state index contributed by atoms with van der Waals surface area (Å²) in [6.07, 6.45) is -0.573. The minimum Gasteiger partial charge on any atom is -0.497 e. The van der Waals surface area contributed by atoms with Gasteiger partial charge in [0.2, 0.25) is 0 Å². The van der Waals surface area contributed by atoms with Gasteiger partial charge in [-0.2, -0.15) is 0 Å². The maximum atomic E-state index is 6.35. The van der Waals surface area contributed by atoms with Gasteiger partial charge in [0.1, 0.15) is 29.3 Å². The largest absolute Gasteiger partial charge is 0.497 e. The highest BCUT2D eigenvalue weighted by Crippen LogP contribution is 2.44. The summed E-state index contributed by atoms with van der Waals surface area (Å²) in [6, 6.07) is 21.8. The first-order valence-corrected chi connectivity index (χ1v) is 11.4. The van der Waals surface area contributed by atoms with Crippen molar-refractivity contribution < 1.29 is 18.9 Å². The maximum Gasteiger partial charge on any atom is 0.132 e. The smallest absolute Gasteiger partial charge is 0.132 e. The lowest BCUT2D eigenvalue weighted by molar-refractivity contribution is -0.159. The van der Waals surface area contributed by atoms with Crippen LogP contribution in [0.15, 0.2) is 66.7 Å². The molecule has 1 N–H and O–H groups in total. The van der Waals surface area contributed by atoms with E-state index in [4.69, 9.17) is 30.5 Å². The molecule has 0 aromatic heterocycles. The standard InChI is InChI=1S/C27H30ClNO4/c1-27(2)26(32-17-19-6-5-7-20(28)14-19)25(31-4)23-15-21(10-13-24(23)33-27)29-16-18-8-11-22(30-3)12-9-18/h5-15,25-26,29H,16-17H2,1-4H3. The van der Waals surface area contributed by atoms with Crippen molar-refractivity contribution in [1.82, 2.24) is 0 Å². The summed E-state index contributed by atoms with van der Waals surface area (Å²) in [4.78, 5) is 0. The Hall–Kier alpha value is -2.73. The molecule has 0 radical (unpaired) electrons. The van der Waals surface area contributed by atoms with Crippen molar-refractivity contribution in [2.75, 3.05) is 19.5 Å². The zero-order valence-corrected chi connectivity index (χ0v) is 20.2. The van der Waals surface area contributed by atoms with Crippen molar-refractivity contribution in [1.29, 1.82) is 0 Å². The van der Waals surface area contributed by atoms with Crippen LogP contribution in [0, 0.1) is 0 Å². The molecule has 3 aromatic carbocycles. The molecule has 0 saturated heterocycles. The summed E-state index contributed by atoms with van der Waals surface area (Å²) >= 11 is 6.13. The van der Waals surface area contributed by atoms with Gasteiger partial charge in [-0.1, -0.05) is 35.9 Å². The van der Waals surface area contributed by atoms with E-state index in [2.05, 4.69) is 11.4 Å². The van der Waals surface area contributed by atoms with Gasteiger partial charge in [0.05, 0.1) is 13.7 Å². The molecule has 2 atom stereocenters. The molecule has 174 valence electrons.